The second-order valence-electron chi connectivity index (χ2n) is 8.37. The van der Waals surface area contributed by atoms with Crippen LogP contribution in [0.1, 0.15) is 41.0 Å². The van der Waals surface area contributed by atoms with Crippen LogP contribution in [-0.4, -0.2) is 69.8 Å². The van der Waals surface area contributed by atoms with E-state index in [2.05, 4.69) is 12.2 Å². The van der Waals surface area contributed by atoms with Crippen molar-refractivity contribution in [1.82, 2.24) is 14.9 Å². The van der Waals surface area contributed by atoms with Crippen LogP contribution < -0.4 is 5.32 Å². The lowest BCUT2D eigenvalue weighted by molar-refractivity contribution is -0.211. The Morgan fingerprint density at radius 3 is 2.31 bits per heavy atom. The van der Waals surface area contributed by atoms with E-state index in [1.165, 1.54) is 39.5 Å². The number of esters is 3. The largest absolute Gasteiger partial charge is 0.463 e. The Kier molecular flexibility index (Phi) is 9.32. The van der Waals surface area contributed by atoms with Crippen molar-refractivity contribution in [2.45, 2.75) is 82.5 Å². The highest BCUT2D eigenvalue weighted by atomic mass is 32.2. The van der Waals surface area contributed by atoms with Gasteiger partial charge in [-0.05, 0) is 18.6 Å². The van der Waals surface area contributed by atoms with Crippen LogP contribution in [0.3, 0.4) is 0 Å². The molecule has 11 nitrogen and oxygen atoms in total. The number of nitrogens with one attached hydrogen (secondary N) is 1. The molecule has 0 spiro atoms. The van der Waals surface area contributed by atoms with Crippen LogP contribution in [-0.2, 0) is 44.7 Å². The van der Waals surface area contributed by atoms with E-state index in [0.29, 0.717) is 11.7 Å². The van der Waals surface area contributed by atoms with E-state index in [1.807, 2.05) is 28.8 Å². The van der Waals surface area contributed by atoms with Gasteiger partial charge in [0, 0.05) is 34.2 Å². The van der Waals surface area contributed by atoms with Crippen molar-refractivity contribution < 1.29 is 38.1 Å². The van der Waals surface area contributed by atoms with Crippen LogP contribution in [0.15, 0.2) is 29.4 Å². The number of thioether (sulfide) groups is 1. The van der Waals surface area contributed by atoms with Gasteiger partial charge in [-0.3, -0.25) is 19.2 Å². The predicted molar refractivity (Wildman–Crippen MR) is 130 cm³/mol. The third-order valence-corrected chi connectivity index (χ3v) is 6.52. The molecule has 1 amide bonds. The van der Waals surface area contributed by atoms with Crippen molar-refractivity contribution in [2.24, 2.45) is 0 Å². The Bertz CT molecular complexity index is 1120. The van der Waals surface area contributed by atoms with Crippen molar-refractivity contribution in [3.05, 3.63) is 24.3 Å². The molecule has 0 bridgehead atoms. The normalized spacial score (nSPS) is 23.6. The molecule has 1 aliphatic rings. The summed E-state index contributed by atoms with van der Waals surface area (Å²) in [5.74, 6) is -2.23. The Balaban J connectivity index is 2.05. The molecule has 36 heavy (non-hydrogen) atoms. The number of ether oxygens (including phenoxy) is 4. The maximum Gasteiger partial charge on any atom is 0.303 e. The topological polar surface area (TPSA) is 135 Å². The maximum atomic E-state index is 12.2. The molecule has 1 N–H and O–H groups in total. The van der Waals surface area contributed by atoms with Gasteiger partial charge in [-0.25, -0.2) is 4.98 Å². The first kappa shape index (κ1) is 27.5. The molecule has 1 saturated heterocycles. The number of aryl methyl sites for hydroxylation is 1. The van der Waals surface area contributed by atoms with Gasteiger partial charge in [0.2, 0.25) is 5.91 Å². The SMILES string of the molecule is CCCn1c(S[C@H]2O[C@H](COC(C)=O)[C@@H](OC(C)=O)[C@H](OC(C)=O)[C@H]2NC(C)=O)nc2ccccc21. The molecule has 3 rings (SSSR count). The molecule has 1 aromatic heterocycles. The van der Waals surface area contributed by atoms with E-state index >= 15 is 0 Å². The zero-order valence-electron chi connectivity index (χ0n) is 20.9. The van der Waals surface area contributed by atoms with Gasteiger partial charge in [-0.1, -0.05) is 30.8 Å². The number of aromatic nitrogens is 2. The van der Waals surface area contributed by atoms with E-state index in [9.17, 15) is 19.2 Å². The molecule has 1 aliphatic heterocycles. The van der Waals surface area contributed by atoms with Crippen LogP contribution in [0, 0.1) is 0 Å². The second kappa shape index (κ2) is 12.2. The molecular formula is C24H31N3O8S. The number of hydrogen-bond acceptors (Lipinski definition) is 10. The number of amides is 1. The molecule has 0 saturated carbocycles. The van der Waals surface area contributed by atoms with Gasteiger partial charge in [0.1, 0.15) is 24.2 Å². The zero-order chi connectivity index (χ0) is 26.4. The summed E-state index contributed by atoms with van der Waals surface area (Å²) in [5, 5.41) is 3.42. The predicted octanol–water partition coefficient (Wildman–Crippen LogP) is 2.19. The molecule has 1 aromatic carbocycles. The summed E-state index contributed by atoms with van der Waals surface area (Å²) in [7, 11) is 0. The molecule has 0 unspecified atom stereocenters. The van der Waals surface area contributed by atoms with E-state index < -0.39 is 53.6 Å². The number of benzene rings is 1. The molecule has 0 radical (unpaired) electrons. The molecule has 2 aromatic rings. The van der Waals surface area contributed by atoms with Gasteiger partial charge < -0.3 is 28.8 Å². The standard InChI is InChI=1S/C24H31N3O8S/c1-6-11-27-18-10-8-7-9-17(18)26-24(27)36-23-20(25-13(2)28)22(34-16(5)31)21(33-15(4)30)19(35-23)12-32-14(3)29/h7-10,19-23H,6,11-12H2,1-5H3,(H,25,28)/t19-,20-,21-,22-,23-/m1/s1. The minimum atomic E-state index is -1.13. The molecule has 196 valence electrons. The monoisotopic (exact) mass is 521 g/mol. The average Bonchev–Trinajstić information content (AvgIpc) is 3.13. The first-order valence-electron chi connectivity index (χ1n) is 11.6. The smallest absolute Gasteiger partial charge is 0.303 e. The Labute approximate surface area is 213 Å². The summed E-state index contributed by atoms with van der Waals surface area (Å²) in [6, 6.07) is 6.80. The fourth-order valence-electron chi connectivity index (χ4n) is 4.08. The Hall–Kier alpha value is -3.12. The number of rotatable bonds is 9. The molecular weight excluding hydrogens is 490 g/mol. The summed E-state index contributed by atoms with van der Waals surface area (Å²) in [4.78, 5) is 52.4. The van der Waals surface area contributed by atoms with Crippen molar-refractivity contribution >= 4 is 46.6 Å². The number of carbonyl (C=O) groups is 4. The minimum Gasteiger partial charge on any atom is -0.463 e. The average molecular weight is 522 g/mol. The molecule has 1 fully saturated rings. The van der Waals surface area contributed by atoms with Crippen molar-refractivity contribution in [3.8, 4) is 0 Å². The Morgan fingerprint density at radius 2 is 1.69 bits per heavy atom. The number of hydrogen-bond donors (Lipinski definition) is 1. The number of para-hydroxylation sites is 2. The van der Waals surface area contributed by atoms with Gasteiger partial charge in [0.05, 0.1) is 11.0 Å². The second-order valence-corrected chi connectivity index (χ2v) is 9.44. The fourth-order valence-corrected chi connectivity index (χ4v) is 5.32. The van der Waals surface area contributed by atoms with Gasteiger partial charge in [-0.15, -0.1) is 0 Å². The summed E-state index contributed by atoms with van der Waals surface area (Å²) in [6.07, 6.45) is -2.34. The van der Waals surface area contributed by atoms with Gasteiger partial charge in [0.25, 0.3) is 0 Å². The molecule has 2 heterocycles. The minimum absolute atomic E-state index is 0.250. The Morgan fingerprint density at radius 1 is 1.03 bits per heavy atom. The van der Waals surface area contributed by atoms with Crippen molar-refractivity contribution in [1.29, 1.82) is 0 Å². The lowest BCUT2D eigenvalue weighted by Crippen LogP contribution is -2.65. The summed E-state index contributed by atoms with van der Waals surface area (Å²) in [6.45, 7) is 7.48. The van der Waals surface area contributed by atoms with Crippen LogP contribution in [0.4, 0.5) is 0 Å². The number of imidazole rings is 1. The van der Waals surface area contributed by atoms with E-state index in [-0.39, 0.29) is 6.61 Å². The van der Waals surface area contributed by atoms with Gasteiger partial charge in [-0.2, -0.15) is 0 Å². The van der Waals surface area contributed by atoms with Gasteiger partial charge >= 0.3 is 17.9 Å². The number of carbonyl (C=O) groups excluding carboxylic acids is 4. The third kappa shape index (κ3) is 6.76. The molecule has 5 atom stereocenters. The first-order valence-corrected chi connectivity index (χ1v) is 12.5. The van der Waals surface area contributed by atoms with Crippen molar-refractivity contribution in [3.63, 3.8) is 0 Å². The quantitative estimate of drug-likeness (QED) is 0.386. The van der Waals surface area contributed by atoms with Crippen LogP contribution >= 0.6 is 11.8 Å². The highest BCUT2D eigenvalue weighted by Gasteiger charge is 2.51. The highest BCUT2D eigenvalue weighted by Crippen LogP contribution is 2.37. The van der Waals surface area contributed by atoms with E-state index in [1.54, 1.807) is 0 Å². The zero-order valence-corrected chi connectivity index (χ0v) is 21.7. The summed E-state index contributed by atoms with van der Waals surface area (Å²) < 4.78 is 24.5. The lowest BCUT2D eigenvalue weighted by Gasteiger charge is -2.44. The van der Waals surface area contributed by atoms with E-state index in [4.69, 9.17) is 23.9 Å². The van der Waals surface area contributed by atoms with Crippen LogP contribution in [0.2, 0.25) is 0 Å². The van der Waals surface area contributed by atoms with Crippen LogP contribution in [0.25, 0.3) is 11.0 Å². The highest BCUT2D eigenvalue weighted by molar-refractivity contribution is 7.99. The first-order chi connectivity index (χ1) is 17.1. The lowest BCUT2D eigenvalue weighted by atomic mass is 9.97. The van der Waals surface area contributed by atoms with Crippen LogP contribution in [0.5, 0.6) is 0 Å². The number of nitrogens with zero attached hydrogens (tertiary/aromatic N) is 2. The third-order valence-electron chi connectivity index (χ3n) is 5.36. The fraction of sp³-hybridized carbons (Fsp3) is 0.542. The summed E-state index contributed by atoms with van der Waals surface area (Å²) >= 11 is 1.24. The molecule has 0 aliphatic carbocycles. The van der Waals surface area contributed by atoms with Gasteiger partial charge in [0.15, 0.2) is 17.4 Å². The van der Waals surface area contributed by atoms with E-state index in [0.717, 1.165) is 17.5 Å². The number of fused-ring (bicyclic) bond motifs is 1. The van der Waals surface area contributed by atoms with Crippen molar-refractivity contribution in [2.75, 3.05) is 6.61 Å². The summed E-state index contributed by atoms with van der Waals surface area (Å²) in [5.41, 5.74) is 0.920. The molecule has 12 heteroatoms. The maximum absolute atomic E-state index is 12.2.